The van der Waals surface area contributed by atoms with Crippen LogP contribution in [0.15, 0.2) is 10.3 Å². The molecule has 21 heavy (non-hydrogen) atoms. The number of hydrogen-bond acceptors (Lipinski definition) is 4. The minimum absolute atomic E-state index is 0.0720. The lowest BCUT2D eigenvalue weighted by molar-refractivity contribution is 0.0244. The SMILES string of the molecule is CC(C)[C@@H]1ON=C2[C@H]1CCC21CC[C@@H]2C1=NO[C@H]2C(C)C. The summed E-state index contributed by atoms with van der Waals surface area (Å²) in [7, 11) is 0. The third-order valence-corrected chi connectivity index (χ3v) is 6.10. The Labute approximate surface area is 126 Å². The summed E-state index contributed by atoms with van der Waals surface area (Å²) in [5.74, 6) is 2.05. The van der Waals surface area contributed by atoms with Crippen molar-refractivity contribution in [2.24, 2.45) is 39.4 Å². The Morgan fingerprint density at radius 2 is 1.29 bits per heavy atom. The molecule has 0 bridgehead atoms. The van der Waals surface area contributed by atoms with Crippen molar-refractivity contribution in [2.45, 2.75) is 65.6 Å². The smallest absolute Gasteiger partial charge is 0.138 e. The van der Waals surface area contributed by atoms with Crippen molar-refractivity contribution < 1.29 is 9.68 Å². The first-order valence-electron chi connectivity index (χ1n) is 8.53. The van der Waals surface area contributed by atoms with E-state index >= 15 is 0 Å². The molecule has 0 aromatic heterocycles. The van der Waals surface area contributed by atoms with Crippen molar-refractivity contribution in [2.75, 3.05) is 0 Å². The Morgan fingerprint density at radius 3 is 1.67 bits per heavy atom. The van der Waals surface area contributed by atoms with Crippen LogP contribution in [0.2, 0.25) is 0 Å². The molecular formula is C17H26N2O2. The molecule has 0 radical (unpaired) electrons. The van der Waals surface area contributed by atoms with Gasteiger partial charge in [0, 0.05) is 11.8 Å². The fourth-order valence-electron chi connectivity index (χ4n) is 5.06. The summed E-state index contributed by atoms with van der Waals surface area (Å²) in [6.45, 7) is 8.93. The summed E-state index contributed by atoms with van der Waals surface area (Å²) in [5, 5.41) is 9.09. The quantitative estimate of drug-likeness (QED) is 0.779. The van der Waals surface area contributed by atoms with Crippen molar-refractivity contribution in [3.05, 3.63) is 0 Å². The van der Waals surface area contributed by atoms with Gasteiger partial charge in [-0.2, -0.15) is 0 Å². The Balaban J connectivity index is 1.63. The van der Waals surface area contributed by atoms with E-state index in [1.165, 1.54) is 37.1 Å². The molecule has 0 amide bonds. The summed E-state index contributed by atoms with van der Waals surface area (Å²) in [4.78, 5) is 11.6. The van der Waals surface area contributed by atoms with Gasteiger partial charge in [-0.25, -0.2) is 0 Å². The van der Waals surface area contributed by atoms with E-state index in [0.717, 1.165) is 0 Å². The number of oxime groups is 2. The van der Waals surface area contributed by atoms with Gasteiger partial charge < -0.3 is 9.68 Å². The molecule has 2 aliphatic heterocycles. The molecule has 2 aliphatic carbocycles. The lowest BCUT2D eigenvalue weighted by atomic mass is 9.77. The first kappa shape index (κ1) is 13.6. The van der Waals surface area contributed by atoms with Crippen LogP contribution in [0, 0.1) is 29.1 Å². The highest BCUT2D eigenvalue weighted by atomic mass is 16.6. The Morgan fingerprint density at radius 1 is 0.857 bits per heavy atom. The first-order chi connectivity index (χ1) is 10.0. The molecule has 0 N–H and O–H groups in total. The third-order valence-electron chi connectivity index (χ3n) is 6.10. The normalized spacial score (nSPS) is 39.3. The molecule has 0 saturated heterocycles. The van der Waals surface area contributed by atoms with Crippen LogP contribution in [-0.4, -0.2) is 23.6 Å². The van der Waals surface area contributed by atoms with Crippen molar-refractivity contribution in [3.63, 3.8) is 0 Å². The van der Waals surface area contributed by atoms with E-state index in [0.29, 0.717) is 23.7 Å². The van der Waals surface area contributed by atoms with Gasteiger partial charge in [0.15, 0.2) is 0 Å². The topological polar surface area (TPSA) is 43.2 Å². The molecule has 4 nitrogen and oxygen atoms in total. The van der Waals surface area contributed by atoms with Gasteiger partial charge in [-0.1, -0.05) is 38.0 Å². The van der Waals surface area contributed by atoms with Gasteiger partial charge in [-0.05, 0) is 37.5 Å². The maximum absolute atomic E-state index is 5.78. The summed E-state index contributed by atoms with van der Waals surface area (Å²) < 4.78 is 0. The summed E-state index contributed by atoms with van der Waals surface area (Å²) in [6, 6.07) is 0. The van der Waals surface area contributed by atoms with Gasteiger partial charge in [-0.3, -0.25) is 0 Å². The average Bonchev–Trinajstić information content (AvgIpc) is 3.14. The first-order valence-corrected chi connectivity index (χ1v) is 8.53. The predicted octanol–water partition coefficient (Wildman–Crippen LogP) is 3.61. The monoisotopic (exact) mass is 290 g/mol. The highest BCUT2D eigenvalue weighted by Gasteiger charge is 2.62. The van der Waals surface area contributed by atoms with Crippen LogP contribution >= 0.6 is 0 Å². The van der Waals surface area contributed by atoms with Crippen LogP contribution in [0.25, 0.3) is 0 Å². The molecule has 4 atom stereocenters. The zero-order chi connectivity index (χ0) is 14.8. The molecule has 2 heterocycles. The summed E-state index contributed by atoms with van der Waals surface area (Å²) in [5.41, 5.74) is 2.65. The van der Waals surface area contributed by atoms with Crippen LogP contribution in [0.3, 0.4) is 0 Å². The summed E-state index contributed by atoms with van der Waals surface area (Å²) in [6.07, 6.45) is 5.29. The van der Waals surface area contributed by atoms with Crippen molar-refractivity contribution in [1.82, 2.24) is 0 Å². The zero-order valence-electron chi connectivity index (χ0n) is 13.5. The van der Waals surface area contributed by atoms with Crippen LogP contribution in [0.5, 0.6) is 0 Å². The average molecular weight is 290 g/mol. The van der Waals surface area contributed by atoms with E-state index in [2.05, 4.69) is 38.0 Å². The van der Waals surface area contributed by atoms with Gasteiger partial charge in [0.25, 0.3) is 0 Å². The fraction of sp³-hybridized carbons (Fsp3) is 0.882. The highest BCUT2D eigenvalue weighted by Crippen LogP contribution is 2.57. The van der Waals surface area contributed by atoms with Crippen LogP contribution in [-0.2, 0) is 9.68 Å². The van der Waals surface area contributed by atoms with Gasteiger partial charge in [-0.15, -0.1) is 0 Å². The molecule has 0 aromatic rings. The standard InChI is InChI=1S/C17H26N2O2/c1-9(2)13-11-5-7-17(15(11)18-20-13)8-6-12-14(10(3)4)21-19-16(12)17/h9-14H,5-8H2,1-4H3/t11-,12-,13-,14-,17?/m0/s1. The molecule has 1 spiro atoms. The molecular weight excluding hydrogens is 264 g/mol. The predicted molar refractivity (Wildman–Crippen MR) is 82.2 cm³/mol. The fourth-order valence-corrected chi connectivity index (χ4v) is 5.06. The van der Waals surface area contributed by atoms with Crippen LogP contribution in [0.1, 0.15) is 53.4 Å². The maximum atomic E-state index is 5.78. The minimum Gasteiger partial charge on any atom is -0.392 e. The van der Waals surface area contributed by atoms with E-state index in [4.69, 9.17) is 9.68 Å². The molecule has 4 aliphatic rings. The molecule has 4 rings (SSSR count). The third kappa shape index (κ3) is 1.68. The van der Waals surface area contributed by atoms with Crippen LogP contribution < -0.4 is 0 Å². The second-order valence-corrected chi connectivity index (χ2v) is 7.95. The molecule has 2 saturated carbocycles. The van der Waals surface area contributed by atoms with Gasteiger partial charge >= 0.3 is 0 Å². The van der Waals surface area contributed by atoms with Gasteiger partial charge in [0.1, 0.15) is 12.2 Å². The molecule has 2 fully saturated rings. The number of fused-ring (bicyclic) bond motifs is 4. The molecule has 116 valence electrons. The Bertz CT molecular complexity index is 463. The number of rotatable bonds is 2. The second kappa shape index (κ2) is 4.47. The van der Waals surface area contributed by atoms with E-state index in [1.807, 2.05) is 0 Å². The van der Waals surface area contributed by atoms with Crippen molar-refractivity contribution in [1.29, 1.82) is 0 Å². The van der Waals surface area contributed by atoms with Crippen molar-refractivity contribution in [3.8, 4) is 0 Å². The largest absolute Gasteiger partial charge is 0.392 e. The molecule has 0 unspecified atom stereocenters. The van der Waals surface area contributed by atoms with Gasteiger partial charge in [0.05, 0.1) is 16.8 Å². The lowest BCUT2D eigenvalue weighted by Gasteiger charge is -2.23. The lowest BCUT2D eigenvalue weighted by Crippen LogP contribution is -2.36. The molecule has 0 aromatic carbocycles. The Hall–Kier alpha value is -1.06. The van der Waals surface area contributed by atoms with Gasteiger partial charge in [0.2, 0.25) is 0 Å². The molecule has 4 heteroatoms. The van der Waals surface area contributed by atoms with E-state index < -0.39 is 0 Å². The summed E-state index contributed by atoms with van der Waals surface area (Å²) >= 11 is 0. The van der Waals surface area contributed by atoms with Crippen molar-refractivity contribution >= 4 is 11.4 Å². The highest BCUT2D eigenvalue weighted by molar-refractivity contribution is 6.16. The zero-order valence-corrected chi connectivity index (χ0v) is 13.5. The van der Waals surface area contributed by atoms with E-state index in [-0.39, 0.29) is 17.6 Å². The van der Waals surface area contributed by atoms with E-state index in [1.54, 1.807) is 0 Å². The van der Waals surface area contributed by atoms with Crippen LogP contribution in [0.4, 0.5) is 0 Å². The maximum Gasteiger partial charge on any atom is 0.138 e. The van der Waals surface area contributed by atoms with E-state index in [9.17, 15) is 0 Å². The number of nitrogens with zero attached hydrogens (tertiary/aromatic N) is 2. The Kier molecular flexibility index (Phi) is 2.89. The number of hydrogen-bond donors (Lipinski definition) is 0. The minimum atomic E-state index is 0.0720. The second-order valence-electron chi connectivity index (χ2n) is 7.95.